The summed E-state index contributed by atoms with van der Waals surface area (Å²) in [6, 6.07) is -0.302. The highest BCUT2D eigenvalue weighted by Crippen LogP contribution is 2.27. The number of methoxy groups -OCH3 is 1. The molecule has 31 heavy (non-hydrogen) atoms. The molecule has 2 aromatic rings. The zero-order chi connectivity index (χ0) is 22.2. The average molecular weight is 452 g/mol. The number of urea groups is 1. The maximum Gasteiger partial charge on any atom is 0.360 e. The first-order chi connectivity index (χ1) is 14.8. The maximum absolute atomic E-state index is 12.7. The second kappa shape index (κ2) is 8.30. The van der Waals surface area contributed by atoms with Crippen LogP contribution in [0.2, 0.25) is 0 Å². The van der Waals surface area contributed by atoms with E-state index in [0.29, 0.717) is 44.9 Å². The van der Waals surface area contributed by atoms with Gasteiger partial charge in [0.15, 0.2) is 5.69 Å². The van der Waals surface area contributed by atoms with Crippen molar-refractivity contribution >= 4 is 22.0 Å². The third-order valence-corrected chi connectivity index (χ3v) is 7.39. The highest BCUT2D eigenvalue weighted by atomic mass is 32.2. The Morgan fingerprint density at radius 3 is 2.58 bits per heavy atom. The molecule has 4 heterocycles. The van der Waals surface area contributed by atoms with E-state index in [1.807, 2.05) is 0 Å². The Kier molecular flexibility index (Phi) is 5.71. The van der Waals surface area contributed by atoms with Gasteiger partial charge >= 0.3 is 12.0 Å². The number of nitrogens with zero attached hydrogens (tertiary/aromatic N) is 5. The Bertz CT molecular complexity index is 1060. The molecule has 2 aromatic heterocycles. The number of amides is 2. The molecule has 0 radical (unpaired) electrons. The van der Waals surface area contributed by atoms with Gasteiger partial charge in [0.25, 0.3) is 0 Å². The Balaban J connectivity index is 1.24. The highest BCUT2D eigenvalue weighted by Gasteiger charge is 2.37. The molecule has 2 aliphatic heterocycles. The number of esters is 1. The molecule has 168 valence electrons. The fourth-order valence-electron chi connectivity index (χ4n) is 3.66. The van der Waals surface area contributed by atoms with Crippen LogP contribution < -0.4 is 5.32 Å². The van der Waals surface area contributed by atoms with Crippen molar-refractivity contribution in [2.75, 3.05) is 33.3 Å². The van der Waals surface area contributed by atoms with Gasteiger partial charge in [0, 0.05) is 45.5 Å². The topological polar surface area (TPSA) is 140 Å². The van der Waals surface area contributed by atoms with Gasteiger partial charge in [-0.05, 0) is 12.8 Å². The molecular formula is C18H24N6O6S. The molecule has 1 N–H and O–H groups in total. The zero-order valence-electron chi connectivity index (χ0n) is 17.2. The summed E-state index contributed by atoms with van der Waals surface area (Å²) in [6.07, 6.45) is 5.13. The molecule has 4 rings (SSSR count). The van der Waals surface area contributed by atoms with Gasteiger partial charge in [-0.3, -0.25) is 4.68 Å². The van der Waals surface area contributed by atoms with Crippen LogP contribution in [0.5, 0.6) is 0 Å². The monoisotopic (exact) mass is 452 g/mol. The lowest BCUT2D eigenvalue weighted by Gasteiger charge is -2.39. The van der Waals surface area contributed by atoms with Gasteiger partial charge in [0.2, 0.25) is 15.9 Å². The van der Waals surface area contributed by atoms with Crippen molar-refractivity contribution in [1.29, 1.82) is 0 Å². The second-order valence-corrected chi connectivity index (χ2v) is 9.58. The van der Waals surface area contributed by atoms with Gasteiger partial charge in [-0.15, -0.1) is 0 Å². The third-order valence-electron chi connectivity index (χ3n) is 5.53. The van der Waals surface area contributed by atoms with Gasteiger partial charge in [-0.2, -0.15) is 9.40 Å². The molecular weight excluding hydrogens is 428 g/mol. The van der Waals surface area contributed by atoms with E-state index in [1.54, 1.807) is 11.9 Å². The summed E-state index contributed by atoms with van der Waals surface area (Å²) < 4.78 is 38.1. The number of aryl methyl sites for hydroxylation is 1. The maximum atomic E-state index is 12.7. The second-order valence-electron chi connectivity index (χ2n) is 7.64. The number of sulfonamides is 1. The van der Waals surface area contributed by atoms with Crippen LogP contribution in [0.4, 0.5) is 4.79 Å². The summed E-state index contributed by atoms with van der Waals surface area (Å²) in [5, 5.41) is 6.89. The number of carbonyl (C=O) groups excluding carboxylic acids is 2. The number of aromatic nitrogens is 3. The molecule has 0 aliphatic carbocycles. The van der Waals surface area contributed by atoms with Crippen LogP contribution >= 0.6 is 0 Å². The first-order valence-corrected chi connectivity index (χ1v) is 11.3. The number of carbonyl (C=O) groups is 2. The lowest BCUT2D eigenvalue weighted by atomic mass is 10.0. The number of hydrogen-bond acceptors (Lipinski definition) is 8. The molecule has 2 fully saturated rings. The smallest absolute Gasteiger partial charge is 0.360 e. The SMILES string of the molecule is COC(=O)c1coc(C2CN(C(=O)NC3CCN(S(=O)(=O)c4cnn(C)c4)CC3)C2)n1. The van der Waals surface area contributed by atoms with Crippen LogP contribution in [-0.2, 0) is 21.8 Å². The summed E-state index contributed by atoms with van der Waals surface area (Å²) in [4.78, 5) is 29.8. The number of nitrogens with one attached hydrogen (secondary N) is 1. The Morgan fingerprint density at radius 1 is 1.26 bits per heavy atom. The number of hydrogen-bond donors (Lipinski definition) is 1. The lowest BCUT2D eigenvalue weighted by Crippen LogP contribution is -2.56. The molecule has 2 saturated heterocycles. The molecule has 2 aliphatic rings. The number of piperidine rings is 1. The molecule has 12 nitrogen and oxygen atoms in total. The van der Waals surface area contributed by atoms with Crippen molar-refractivity contribution in [2.24, 2.45) is 7.05 Å². The van der Waals surface area contributed by atoms with Crippen molar-refractivity contribution in [3.05, 3.63) is 30.2 Å². The quantitative estimate of drug-likeness (QED) is 0.633. The first kappa shape index (κ1) is 21.3. The summed E-state index contributed by atoms with van der Waals surface area (Å²) >= 11 is 0. The minimum absolute atomic E-state index is 0.0735. The summed E-state index contributed by atoms with van der Waals surface area (Å²) in [6.45, 7) is 1.53. The van der Waals surface area contributed by atoms with Crippen molar-refractivity contribution in [2.45, 2.75) is 29.7 Å². The van der Waals surface area contributed by atoms with E-state index in [9.17, 15) is 18.0 Å². The van der Waals surface area contributed by atoms with Crippen molar-refractivity contribution in [1.82, 2.24) is 29.3 Å². The van der Waals surface area contributed by atoms with Crippen LogP contribution in [0.3, 0.4) is 0 Å². The standard InChI is InChI=1S/C18H24N6O6S/c1-22-10-14(7-19-22)31(27,28)24-5-3-13(4-6-24)20-18(26)23-8-12(9-23)16-21-15(11-30-16)17(25)29-2/h7,10-13H,3-6,8-9H2,1-2H3,(H,20,26). The molecule has 0 unspecified atom stereocenters. The van der Waals surface area contributed by atoms with E-state index in [1.165, 1.54) is 34.8 Å². The van der Waals surface area contributed by atoms with E-state index in [-0.39, 0.29) is 28.6 Å². The number of ether oxygens (including phenoxy) is 1. The van der Waals surface area contributed by atoms with Gasteiger partial charge in [-0.25, -0.2) is 23.0 Å². The fourth-order valence-corrected chi connectivity index (χ4v) is 5.12. The summed E-state index contributed by atoms with van der Waals surface area (Å²) in [5.74, 6) is -0.241. The largest absolute Gasteiger partial charge is 0.464 e. The van der Waals surface area contributed by atoms with Crippen molar-refractivity contribution in [3.63, 3.8) is 0 Å². The van der Waals surface area contributed by atoms with Crippen LogP contribution in [0, 0.1) is 0 Å². The summed E-state index contributed by atoms with van der Waals surface area (Å²) in [7, 11) is -0.634. The van der Waals surface area contributed by atoms with Crippen molar-refractivity contribution < 1.29 is 27.2 Å². The van der Waals surface area contributed by atoms with E-state index >= 15 is 0 Å². The van der Waals surface area contributed by atoms with Gasteiger partial charge in [-0.1, -0.05) is 0 Å². The van der Waals surface area contributed by atoms with Crippen molar-refractivity contribution in [3.8, 4) is 0 Å². The van der Waals surface area contributed by atoms with Crippen LogP contribution in [-0.4, -0.2) is 83.7 Å². The molecule has 0 atom stereocenters. The van der Waals surface area contributed by atoms with Crippen LogP contribution in [0.15, 0.2) is 28.0 Å². The zero-order valence-corrected chi connectivity index (χ0v) is 18.0. The third kappa shape index (κ3) is 4.28. The number of likely N-dealkylation sites (tertiary alicyclic amines) is 1. The minimum atomic E-state index is -3.57. The van der Waals surface area contributed by atoms with E-state index in [4.69, 9.17) is 4.42 Å². The van der Waals surface area contributed by atoms with E-state index < -0.39 is 16.0 Å². The fraction of sp³-hybridized carbons (Fsp3) is 0.556. The average Bonchev–Trinajstić information content (AvgIpc) is 3.36. The number of oxazole rings is 1. The predicted octanol–water partition coefficient (Wildman–Crippen LogP) is 0.157. The van der Waals surface area contributed by atoms with Gasteiger partial charge < -0.3 is 19.4 Å². The highest BCUT2D eigenvalue weighted by molar-refractivity contribution is 7.89. The Hall–Kier alpha value is -2.93. The minimum Gasteiger partial charge on any atom is -0.464 e. The van der Waals surface area contributed by atoms with Gasteiger partial charge in [0.1, 0.15) is 11.2 Å². The molecule has 13 heteroatoms. The normalized spacial score (nSPS) is 18.6. The molecule has 2 amide bonds. The summed E-state index contributed by atoms with van der Waals surface area (Å²) in [5.41, 5.74) is 0.105. The van der Waals surface area contributed by atoms with Crippen LogP contribution in [0.1, 0.15) is 35.1 Å². The molecule has 0 saturated carbocycles. The lowest BCUT2D eigenvalue weighted by molar-refractivity contribution is 0.0593. The van der Waals surface area contributed by atoms with E-state index in [2.05, 4.69) is 20.1 Å². The molecule has 0 spiro atoms. The predicted molar refractivity (Wildman–Crippen MR) is 106 cm³/mol. The van der Waals surface area contributed by atoms with E-state index in [0.717, 1.165) is 0 Å². The Labute approximate surface area is 179 Å². The molecule has 0 aromatic carbocycles. The van der Waals surface area contributed by atoms with Crippen LogP contribution in [0.25, 0.3) is 0 Å². The van der Waals surface area contributed by atoms with Gasteiger partial charge in [0.05, 0.1) is 19.2 Å². The number of rotatable bonds is 5. The molecule has 0 bridgehead atoms. The Morgan fingerprint density at radius 2 is 1.97 bits per heavy atom. The first-order valence-electron chi connectivity index (χ1n) is 9.86.